The van der Waals surface area contributed by atoms with E-state index < -0.39 is 4.92 Å². The van der Waals surface area contributed by atoms with Crippen LogP contribution in [-0.2, 0) is 4.79 Å². The molecule has 1 aromatic rings. The van der Waals surface area contributed by atoms with Crippen LogP contribution in [-0.4, -0.2) is 18.1 Å². The third-order valence-corrected chi connectivity index (χ3v) is 1.63. The van der Waals surface area contributed by atoms with E-state index in [4.69, 9.17) is 0 Å². The van der Waals surface area contributed by atoms with E-state index in [-0.39, 0.29) is 11.4 Å². The van der Waals surface area contributed by atoms with Gasteiger partial charge in [0.1, 0.15) is 5.69 Å². The van der Waals surface area contributed by atoms with E-state index in [0.717, 1.165) is 0 Å². The highest BCUT2D eigenvalue weighted by Gasteiger charge is 2.09. The molecule has 6 nitrogen and oxygen atoms in total. The van der Waals surface area contributed by atoms with Crippen molar-refractivity contribution in [3.63, 3.8) is 0 Å². The summed E-state index contributed by atoms with van der Waals surface area (Å²) in [6.45, 7) is 0. The van der Waals surface area contributed by atoms with Crippen LogP contribution in [0.1, 0.15) is 0 Å². The first-order chi connectivity index (χ1) is 6.69. The Hall–Kier alpha value is -2.20. The number of hydrogen-bond donors (Lipinski definition) is 1. The van der Waals surface area contributed by atoms with Crippen molar-refractivity contribution in [3.8, 4) is 0 Å². The van der Waals surface area contributed by atoms with E-state index in [0.29, 0.717) is 5.69 Å². The highest BCUT2D eigenvalue weighted by Crippen LogP contribution is 2.28. The Morgan fingerprint density at radius 3 is 2.79 bits per heavy atom. The van der Waals surface area contributed by atoms with Crippen LogP contribution in [0, 0.1) is 10.1 Å². The van der Waals surface area contributed by atoms with Crippen molar-refractivity contribution in [3.05, 3.63) is 28.3 Å². The second-order valence-corrected chi connectivity index (χ2v) is 2.41. The zero-order chi connectivity index (χ0) is 10.6. The molecule has 0 amide bonds. The van der Waals surface area contributed by atoms with Gasteiger partial charge in [0.05, 0.1) is 10.6 Å². The Labute approximate surface area is 79.4 Å². The average molecular weight is 193 g/mol. The minimum absolute atomic E-state index is 0.113. The van der Waals surface area contributed by atoms with E-state index in [1.807, 2.05) is 0 Å². The van der Waals surface area contributed by atoms with Crippen molar-refractivity contribution in [2.24, 2.45) is 4.99 Å². The SMILES string of the molecule is CNc1ccc([N+](=O)[O-])cc1N=C=O. The molecule has 1 N–H and O–H groups in total. The van der Waals surface area contributed by atoms with Gasteiger partial charge in [-0.3, -0.25) is 10.1 Å². The fraction of sp³-hybridized carbons (Fsp3) is 0.125. The number of anilines is 1. The number of nitrogens with one attached hydrogen (secondary N) is 1. The molecule has 1 rings (SSSR count). The van der Waals surface area contributed by atoms with Gasteiger partial charge in [0.2, 0.25) is 6.08 Å². The number of isocyanates is 1. The van der Waals surface area contributed by atoms with Gasteiger partial charge in [-0.15, -0.1) is 0 Å². The zero-order valence-corrected chi connectivity index (χ0v) is 7.35. The van der Waals surface area contributed by atoms with Gasteiger partial charge >= 0.3 is 0 Å². The maximum Gasteiger partial charge on any atom is 0.271 e. The Balaban J connectivity index is 3.27. The summed E-state index contributed by atoms with van der Waals surface area (Å²) in [7, 11) is 1.63. The van der Waals surface area contributed by atoms with Crippen LogP contribution in [0.5, 0.6) is 0 Å². The zero-order valence-electron chi connectivity index (χ0n) is 7.35. The number of nitro groups is 1. The molecule has 0 aliphatic rings. The van der Waals surface area contributed by atoms with Crippen molar-refractivity contribution in [2.75, 3.05) is 12.4 Å². The Kier molecular flexibility index (Phi) is 2.93. The average Bonchev–Trinajstić information content (AvgIpc) is 2.18. The van der Waals surface area contributed by atoms with Gasteiger partial charge in [0.25, 0.3) is 5.69 Å². The van der Waals surface area contributed by atoms with Crippen molar-refractivity contribution in [1.82, 2.24) is 0 Å². The third kappa shape index (κ3) is 1.94. The van der Waals surface area contributed by atoms with Crippen molar-refractivity contribution < 1.29 is 9.72 Å². The Morgan fingerprint density at radius 2 is 2.29 bits per heavy atom. The van der Waals surface area contributed by atoms with E-state index in [9.17, 15) is 14.9 Å². The molecule has 0 heterocycles. The molecule has 6 heteroatoms. The van der Waals surface area contributed by atoms with Crippen molar-refractivity contribution >= 4 is 23.1 Å². The first-order valence-corrected chi connectivity index (χ1v) is 3.73. The van der Waals surface area contributed by atoms with Gasteiger partial charge < -0.3 is 5.32 Å². The van der Waals surface area contributed by atoms with Gasteiger partial charge in [0.15, 0.2) is 0 Å². The second kappa shape index (κ2) is 4.15. The summed E-state index contributed by atoms with van der Waals surface area (Å²) >= 11 is 0. The lowest BCUT2D eigenvalue weighted by Crippen LogP contribution is -1.91. The number of carbonyl (C=O) groups excluding carboxylic acids is 1. The smallest absolute Gasteiger partial charge is 0.271 e. The van der Waals surface area contributed by atoms with Crippen molar-refractivity contribution in [2.45, 2.75) is 0 Å². The summed E-state index contributed by atoms with van der Waals surface area (Å²) in [5.41, 5.74) is 0.633. The number of rotatable bonds is 3. The number of non-ortho nitro benzene ring substituents is 1. The molecule has 0 aliphatic carbocycles. The number of aliphatic imine (C=N–C) groups is 1. The summed E-state index contributed by atoms with van der Waals surface area (Å²) < 4.78 is 0. The highest BCUT2D eigenvalue weighted by atomic mass is 16.6. The maximum atomic E-state index is 10.4. The number of hydrogen-bond acceptors (Lipinski definition) is 5. The van der Waals surface area contributed by atoms with Crippen LogP contribution in [0.25, 0.3) is 0 Å². The molecular formula is C8H7N3O3. The van der Waals surface area contributed by atoms with E-state index in [2.05, 4.69) is 10.3 Å². The molecule has 1 aromatic carbocycles. The molecule has 0 radical (unpaired) electrons. The second-order valence-electron chi connectivity index (χ2n) is 2.41. The molecule has 0 atom stereocenters. The summed E-state index contributed by atoms with van der Waals surface area (Å²) in [5.74, 6) is 0. The maximum absolute atomic E-state index is 10.4. The highest BCUT2D eigenvalue weighted by molar-refractivity contribution is 5.71. The summed E-state index contributed by atoms with van der Waals surface area (Å²) in [6, 6.07) is 4.01. The quantitative estimate of drug-likeness (QED) is 0.342. The van der Waals surface area contributed by atoms with E-state index in [1.54, 1.807) is 7.05 Å². The van der Waals surface area contributed by atoms with Gasteiger partial charge in [-0.1, -0.05) is 0 Å². The number of nitro benzene ring substituents is 1. The predicted molar refractivity (Wildman–Crippen MR) is 50.4 cm³/mol. The monoisotopic (exact) mass is 193 g/mol. The fourth-order valence-electron chi connectivity index (χ4n) is 0.987. The minimum atomic E-state index is -0.552. The molecule has 0 fully saturated rings. The van der Waals surface area contributed by atoms with E-state index >= 15 is 0 Å². The summed E-state index contributed by atoms with van der Waals surface area (Å²) in [4.78, 5) is 23.2. The normalized spacial score (nSPS) is 8.93. The van der Waals surface area contributed by atoms with E-state index in [1.165, 1.54) is 24.3 Å². The van der Waals surface area contributed by atoms with Crippen LogP contribution in [0.2, 0.25) is 0 Å². The first-order valence-electron chi connectivity index (χ1n) is 3.73. The number of nitrogens with zero attached hydrogens (tertiary/aromatic N) is 2. The molecule has 14 heavy (non-hydrogen) atoms. The number of benzene rings is 1. The standard InChI is InChI=1S/C8H7N3O3/c1-9-7-3-2-6(11(13)14)4-8(7)10-5-12/h2-4,9H,1H3. The molecule has 0 saturated carbocycles. The lowest BCUT2D eigenvalue weighted by Gasteiger charge is -2.01. The molecule has 0 bridgehead atoms. The van der Waals surface area contributed by atoms with Crippen molar-refractivity contribution in [1.29, 1.82) is 0 Å². The van der Waals surface area contributed by atoms with Crippen LogP contribution >= 0.6 is 0 Å². The molecule has 0 saturated heterocycles. The lowest BCUT2D eigenvalue weighted by atomic mass is 10.2. The van der Waals surface area contributed by atoms with Crippen LogP contribution in [0.3, 0.4) is 0 Å². The van der Waals surface area contributed by atoms with Crippen LogP contribution in [0.15, 0.2) is 23.2 Å². The van der Waals surface area contributed by atoms with Gasteiger partial charge in [-0.2, -0.15) is 4.99 Å². The predicted octanol–water partition coefficient (Wildman–Crippen LogP) is 1.60. The Morgan fingerprint density at radius 1 is 1.57 bits per heavy atom. The minimum Gasteiger partial charge on any atom is -0.386 e. The third-order valence-electron chi connectivity index (χ3n) is 1.63. The summed E-state index contributed by atoms with van der Waals surface area (Å²) in [5, 5.41) is 13.2. The molecule has 0 unspecified atom stereocenters. The largest absolute Gasteiger partial charge is 0.386 e. The fourth-order valence-corrected chi connectivity index (χ4v) is 0.987. The first kappa shape index (κ1) is 9.88. The molecule has 0 aromatic heterocycles. The molecule has 0 spiro atoms. The van der Waals surface area contributed by atoms with Crippen LogP contribution < -0.4 is 5.32 Å². The lowest BCUT2D eigenvalue weighted by molar-refractivity contribution is -0.384. The Bertz CT molecular complexity index is 410. The molecule has 72 valence electrons. The summed E-state index contributed by atoms with van der Waals surface area (Å²) in [6.07, 6.45) is 1.34. The molecular weight excluding hydrogens is 186 g/mol. The van der Waals surface area contributed by atoms with Gasteiger partial charge in [0, 0.05) is 19.2 Å². The molecule has 0 aliphatic heterocycles. The van der Waals surface area contributed by atoms with Gasteiger partial charge in [-0.25, -0.2) is 4.79 Å². The topological polar surface area (TPSA) is 84.6 Å². The van der Waals surface area contributed by atoms with Gasteiger partial charge in [-0.05, 0) is 6.07 Å². The van der Waals surface area contributed by atoms with Crippen LogP contribution in [0.4, 0.5) is 17.1 Å².